The summed E-state index contributed by atoms with van der Waals surface area (Å²) in [7, 11) is 1.64. The molecule has 9 nitrogen and oxygen atoms in total. The van der Waals surface area contributed by atoms with E-state index in [-0.39, 0.29) is 17.6 Å². The number of Topliss-reactive ketones (excluding diaryl/α,β-unsaturated/α-hetero) is 1. The molecule has 0 bridgehead atoms. The predicted octanol–water partition coefficient (Wildman–Crippen LogP) is 3.62. The number of hydrogen-bond donors (Lipinski definition) is 2. The van der Waals surface area contributed by atoms with E-state index in [9.17, 15) is 9.59 Å². The molecule has 0 spiro atoms. The number of methoxy groups -OCH3 is 1. The van der Waals surface area contributed by atoms with Gasteiger partial charge in [0.25, 0.3) is 0 Å². The van der Waals surface area contributed by atoms with Crippen LogP contribution in [0.5, 0.6) is 5.75 Å². The molecule has 0 unspecified atom stereocenters. The number of aryl methyl sites for hydroxylation is 1. The fourth-order valence-corrected chi connectivity index (χ4v) is 6.28. The number of nitrogens with zero attached hydrogens (tertiary/aromatic N) is 4. The molecule has 1 aromatic carbocycles. The Morgan fingerprint density at radius 3 is 2.91 bits per heavy atom. The number of ketones is 1. The Hall–Kier alpha value is -3.53. The van der Waals surface area contributed by atoms with Gasteiger partial charge in [-0.3, -0.25) is 14.7 Å². The number of hydrogen-bond acceptors (Lipinski definition) is 8. The van der Waals surface area contributed by atoms with Crippen LogP contribution in [0.4, 0.5) is 11.5 Å². The molecular weight excluding hydrogens is 452 g/mol. The zero-order valence-corrected chi connectivity index (χ0v) is 19.6. The molecule has 1 saturated heterocycles. The summed E-state index contributed by atoms with van der Waals surface area (Å²) in [5.41, 5.74) is 2.93. The van der Waals surface area contributed by atoms with Crippen molar-refractivity contribution >= 4 is 55.7 Å². The molecule has 4 aromatic rings. The summed E-state index contributed by atoms with van der Waals surface area (Å²) in [5.74, 6) is 1.82. The van der Waals surface area contributed by atoms with Crippen LogP contribution in [0.1, 0.15) is 29.7 Å². The molecule has 1 fully saturated rings. The third-order valence-corrected chi connectivity index (χ3v) is 8.00. The molecule has 0 radical (unpaired) electrons. The van der Waals surface area contributed by atoms with Crippen LogP contribution >= 0.6 is 11.3 Å². The van der Waals surface area contributed by atoms with Crippen LogP contribution in [0.3, 0.4) is 0 Å². The lowest BCUT2D eigenvalue weighted by Crippen LogP contribution is -2.43. The molecule has 1 aliphatic heterocycles. The maximum absolute atomic E-state index is 13.1. The molecule has 4 heterocycles. The summed E-state index contributed by atoms with van der Waals surface area (Å²) in [4.78, 5) is 37.7. The maximum atomic E-state index is 13.1. The molecule has 2 aliphatic rings. The van der Waals surface area contributed by atoms with Crippen molar-refractivity contribution in [2.24, 2.45) is 5.92 Å². The summed E-state index contributed by atoms with van der Waals surface area (Å²) in [6, 6.07) is 3.90. The van der Waals surface area contributed by atoms with Crippen molar-refractivity contribution in [1.29, 1.82) is 0 Å². The normalized spacial score (nSPS) is 18.3. The van der Waals surface area contributed by atoms with E-state index in [1.807, 2.05) is 17.0 Å². The number of anilines is 2. The Kier molecular flexibility index (Phi) is 5.17. The number of fused-ring (bicyclic) bond motifs is 4. The molecule has 1 amide bonds. The van der Waals surface area contributed by atoms with Crippen molar-refractivity contribution < 1.29 is 14.3 Å². The van der Waals surface area contributed by atoms with Gasteiger partial charge in [-0.25, -0.2) is 9.97 Å². The van der Waals surface area contributed by atoms with Crippen molar-refractivity contribution in [2.75, 3.05) is 25.5 Å². The SMILES string of the molecule is COc1cc2[nH]ncc2cc1Nc1ncnc2sc3c(c12)CC[C@H](C(=O)N1CCC(=O)CC1)C3. The average molecular weight is 477 g/mol. The summed E-state index contributed by atoms with van der Waals surface area (Å²) >= 11 is 1.64. The molecule has 1 aliphatic carbocycles. The number of benzene rings is 1. The van der Waals surface area contributed by atoms with Crippen LogP contribution in [0, 0.1) is 5.92 Å². The minimum absolute atomic E-state index is 0.0401. The topological polar surface area (TPSA) is 113 Å². The fourth-order valence-electron chi connectivity index (χ4n) is 5.02. The van der Waals surface area contributed by atoms with E-state index in [2.05, 4.69) is 25.5 Å². The number of thiophene rings is 1. The van der Waals surface area contributed by atoms with Gasteiger partial charge < -0.3 is 15.0 Å². The third kappa shape index (κ3) is 3.58. The van der Waals surface area contributed by atoms with E-state index >= 15 is 0 Å². The van der Waals surface area contributed by atoms with Gasteiger partial charge >= 0.3 is 0 Å². The number of H-pyrrole nitrogens is 1. The van der Waals surface area contributed by atoms with Crippen molar-refractivity contribution in [2.45, 2.75) is 32.1 Å². The minimum atomic E-state index is -0.0401. The van der Waals surface area contributed by atoms with Gasteiger partial charge in [0, 0.05) is 48.2 Å². The quantitative estimate of drug-likeness (QED) is 0.463. The van der Waals surface area contributed by atoms with Crippen LogP contribution in [0.25, 0.3) is 21.1 Å². The second kappa shape index (κ2) is 8.35. The number of nitrogens with one attached hydrogen (secondary N) is 2. The van der Waals surface area contributed by atoms with E-state index < -0.39 is 0 Å². The van der Waals surface area contributed by atoms with Gasteiger partial charge in [0.1, 0.15) is 28.5 Å². The molecule has 6 rings (SSSR count). The Labute approximate surface area is 199 Å². The maximum Gasteiger partial charge on any atom is 0.226 e. The van der Waals surface area contributed by atoms with Crippen LogP contribution in [0.15, 0.2) is 24.7 Å². The first-order chi connectivity index (χ1) is 16.6. The second-order valence-corrected chi connectivity index (χ2v) is 9.93. The number of carbonyl (C=O) groups is 2. The highest BCUT2D eigenvalue weighted by Crippen LogP contribution is 2.42. The molecular formula is C24H24N6O3S. The highest BCUT2D eigenvalue weighted by atomic mass is 32.1. The van der Waals surface area contributed by atoms with Crippen LogP contribution in [0.2, 0.25) is 0 Å². The second-order valence-electron chi connectivity index (χ2n) is 8.84. The van der Waals surface area contributed by atoms with Gasteiger partial charge in [-0.05, 0) is 30.9 Å². The monoisotopic (exact) mass is 476 g/mol. The minimum Gasteiger partial charge on any atom is -0.494 e. The molecule has 174 valence electrons. The number of aromatic amines is 1. The lowest BCUT2D eigenvalue weighted by Gasteiger charge is -2.31. The standard InChI is InChI=1S/C24H24N6O3S/c1-33-19-10-17-14(11-27-29-17)8-18(19)28-22-21-16-3-2-13(9-20(16)34-23(21)26-12-25-22)24(32)30-6-4-15(31)5-7-30/h8,10-13H,2-7,9H2,1H3,(H,27,29)(H,25,26,28)/t13-/m0/s1. The van der Waals surface area contributed by atoms with Crippen molar-refractivity contribution in [1.82, 2.24) is 25.1 Å². The number of aromatic nitrogens is 4. The smallest absolute Gasteiger partial charge is 0.226 e. The van der Waals surface area contributed by atoms with Gasteiger partial charge in [0.2, 0.25) is 5.91 Å². The van der Waals surface area contributed by atoms with Gasteiger partial charge in [0.15, 0.2) is 0 Å². The number of carbonyl (C=O) groups excluding carboxylic acids is 2. The first-order valence-electron chi connectivity index (χ1n) is 11.4. The summed E-state index contributed by atoms with van der Waals surface area (Å²) < 4.78 is 5.59. The summed E-state index contributed by atoms with van der Waals surface area (Å²) in [6.45, 7) is 1.10. The number of rotatable bonds is 4. The highest BCUT2D eigenvalue weighted by molar-refractivity contribution is 7.19. The summed E-state index contributed by atoms with van der Waals surface area (Å²) in [5, 5.41) is 12.5. The lowest BCUT2D eigenvalue weighted by atomic mass is 9.86. The number of amides is 1. The van der Waals surface area contributed by atoms with E-state index in [1.165, 1.54) is 10.4 Å². The Bertz CT molecular complexity index is 1420. The van der Waals surface area contributed by atoms with E-state index in [0.29, 0.717) is 38.1 Å². The van der Waals surface area contributed by atoms with Crippen molar-refractivity contribution in [3.05, 3.63) is 35.1 Å². The van der Waals surface area contributed by atoms with E-state index in [4.69, 9.17) is 4.74 Å². The predicted molar refractivity (Wildman–Crippen MR) is 130 cm³/mol. The van der Waals surface area contributed by atoms with Gasteiger partial charge in [-0.1, -0.05) is 0 Å². The lowest BCUT2D eigenvalue weighted by molar-refractivity contribution is -0.138. The first-order valence-corrected chi connectivity index (χ1v) is 12.3. The van der Waals surface area contributed by atoms with Gasteiger partial charge in [-0.15, -0.1) is 11.3 Å². The first kappa shape index (κ1) is 21.0. The fraction of sp³-hybridized carbons (Fsp3) is 0.375. The van der Waals surface area contributed by atoms with E-state index in [1.54, 1.807) is 31.0 Å². The molecule has 10 heteroatoms. The Morgan fingerprint density at radius 1 is 1.24 bits per heavy atom. The molecule has 2 N–H and O–H groups in total. The zero-order chi connectivity index (χ0) is 23.2. The van der Waals surface area contributed by atoms with E-state index in [0.717, 1.165) is 45.5 Å². The number of piperidine rings is 1. The van der Waals surface area contributed by atoms with Crippen LogP contribution in [-0.4, -0.2) is 57.0 Å². The van der Waals surface area contributed by atoms with Crippen molar-refractivity contribution in [3.8, 4) is 5.75 Å². The Balaban J connectivity index is 1.30. The molecule has 3 aromatic heterocycles. The van der Waals surface area contributed by atoms with Gasteiger partial charge in [-0.2, -0.15) is 5.10 Å². The van der Waals surface area contributed by atoms with Crippen LogP contribution in [-0.2, 0) is 22.4 Å². The van der Waals surface area contributed by atoms with Crippen LogP contribution < -0.4 is 10.1 Å². The highest BCUT2D eigenvalue weighted by Gasteiger charge is 2.33. The average Bonchev–Trinajstić information content (AvgIpc) is 3.47. The summed E-state index contributed by atoms with van der Waals surface area (Å²) in [6.07, 6.45) is 6.61. The largest absolute Gasteiger partial charge is 0.494 e. The Morgan fingerprint density at radius 2 is 2.09 bits per heavy atom. The molecule has 0 saturated carbocycles. The zero-order valence-electron chi connectivity index (χ0n) is 18.8. The van der Waals surface area contributed by atoms with Crippen molar-refractivity contribution in [3.63, 3.8) is 0 Å². The number of ether oxygens (including phenoxy) is 1. The molecule has 34 heavy (non-hydrogen) atoms. The van der Waals surface area contributed by atoms with Gasteiger partial charge in [0.05, 0.1) is 29.9 Å². The third-order valence-electron chi connectivity index (χ3n) is 6.84. The number of likely N-dealkylation sites (tertiary alicyclic amines) is 1. The molecule has 1 atom stereocenters.